The van der Waals surface area contributed by atoms with Crippen LogP contribution < -0.4 is 15.8 Å². The summed E-state index contributed by atoms with van der Waals surface area (Å²) >= 11 is 0. The third-order valence-electron chi connectivity index (χ3n) is 5.09. The minimum atomic E-state index is -0.230. The van der Waals surface area contributed by atoms with E-state index in [9.17, 15) is 9.18 Å². The lowest BCUT2D eigenvalue weighted by atomic mass is 10.0. The molecule has 2 aromatic rings. The number of nitrogens with one attached hydrogen (secondary N) is 2. The fraction of sp³-hybridized carbons (Fsp3) is 0.368. The van der Waals surface area contributed by atoms with Crippen molar-refractivity contribution < 1.29 is 9.18 Å². The Hall–Kier alpha value is -2.51. The molecule has 0 aliphatic carbocycles. The number of rotatable bonds is 3. The smallest absolute Gasteiger partial charge is 0.241 e. The van der Waals surface area contributed by atoms with Gasteiger partial charge in [0.2, 0.25) is 5.91 Å². The Labute approximate surface area is 152 Å². The fourth-order valence-electron chi connectivity index (χ4n) is 3.59. The van der Waals surface area contributed by atoms with E-state index in [1.54, 1.807) is 24.5 Å². The number of amides is 1. The quantitative estimate of drug-likeness (QED) is 0.873. The van der Waals surface area contributed by atoms with Crippen molar-refractivity contribution in [2.75, 3.05) is 31.1 Å². The predicted octanol–water partition coefficient (Wildman–Crippen LogP) is 1.48. The van der Waals surface area contributed by atoms with E-state index in [1.165, 1.54) is 12.1 Å². The topological polar surface area (TPSA) is 60.5 Å². The van der Waals surface area contributed by atoms with Crippen molar-refractivity contribution in [1.82, 2.24) is 20.7 Å². The van der Waals surface area contributed by atoms with Crippen molar-refractivity contribution >= 4 is 11.6 Å². The van der Waals surface area contributed by atoms with Crippen molar-refractivity contribution in [3.05, 3.63) is 60.2 Å². The first-order valence-electron chi connectivity index (χ1n) is 8.91. The van der Waals surface area contributed by atoms with Crippen LogP contribution in [0.25, 0.3) is 0 Å². The molecular formula is C19H22FN5O. The van der Waals surface area contributed by atoms with Crippen molar-refractivity contribution in [2.24, 2.45) is 0 Å². The highest BCUT2D eigenvalue weighted by Crippen LogP contribution is 2.23. The predicted molar refractivity (Wildman–Crippen MR) is 96.8 cm³/mol. The highest BCUT2D eigenvalue weighted by Gasteiger charge is 2.34. The molecule has 2 aliphatic rings. The fourth-order valence-corrected chi connectivity index (χ4v) is 3.59. The van der Waals surface area contributed by atoms with E-state index in [2.05, 4.69) is 20.7 Å². The van der Waals surface area contributed by atoms with Crippen LogP contribution in [0.4, 0.5) is 10.1 Å². The lowest BCUT2D eigenvalue weighted by molar-refractivity contribution is -0.133. The van der Waals surface area contributed by atoms with E-state index >= 15 is 0 Å². The first-order valence-corrected chi connectivity index (χ1v) is 8.91. The Morgan fingerprint density at radius 3 is 2.38 bits per heavy atom. The lowest BCUT2D eigenvalue weighted by Crippen LogP contribution is -2.53. The van der Waals surface area contributed by atoms with Crippen molar-refractivity contribution in [2.45, 2.75) is 18.5 Å². The molecule has 4 rings (SSSR count). The second-order valence-corrected chi connectivity index (χ2v) is 6.70. The number of hydrazine groups is 1. The number of anilines is 1. The maximum Gasteiger partial charge on any atom is 0.241 e. The number of aromatic nitrogens is 1. The van der Waals surface area contributed by atoms with Crippen molar-refractivity contribution in [3.63, 3.8) is 0 Å². The minimum absolute atomic E-state index is 0.118. The summed E-state index contributed by atoms with van der Waals surface area (Å²) in [7, 11) is 0. The van der Waals surface area contributed by atoms with Gasteiger partial charge in [-0.15, -0.1) is 0 Å². The van der Waals surface area contributed by atoms with Gasteiger partial charge in [-0.1, -0.05) is 0 Å². The van der Waals surface area contributed by atoms with Crippen LogP contribution in [0.1, 0.15) is 18.0 Å². The van der Waals surface area contributed by atoms with Crippen LogP contribution in [0.5, 0.6) is 0 Å². The number of nitrogens with zero attached hydrogens (tertiary/aromatic N) is 3. The monoisotopic (exact) mass is 355 g/mol. The number of hydrogen-bond donors (Lipinski definition) is 2. The minimum Gasteiger partial charge on any atom is -0.368 e. The SMILES string of the molecule is O=C(C1CC(c2ccncc2)NN1)N1CCN(c2ccc(F)cc2)CC1. The standard InChI is InChI=1S/C19H22FN5O/c20-15-1-3-16(4-2-15)24-9-11-25(12-10-24)19(26)18-13-17(22-23-18)14-5-7-21-8-6-14/h1-8,17-18,22-23H,9-13H2. The molecule has 7 heteroatoms. The molecule has 6 nitrogen and oxygen atoms in total. The second-order valence-electron chi connectivity index (χ2n) is 6.70. The molecule has 136 valence electrons. The summed E-state index contributed by atoms with van der Waals surface area (Å²) in [5.41, 5.74) is 8.47. The Kier molecular flexibility index (Phi) is 4.81. The van der Waals surface area contributed by atoms with E-state index in [0.717, 1.165) is 30.8 Å². The van der Waals surface area contributed by atoms with E-state index in [1.807, 2.05) is 17.0 Å². The first-order chi connectivity index (χ1) is 12.7. The summed E-state index contributed by atoms with van der Waals surface area (Å²) in [6.45, 7) is 2.86. The molecule has 2 N–H and O–H groups in total. The highest BCUT2D eigenvalue weighted by molar-refractivity contribution is 5.82. The summed E-state index contributed by atoms with van der Waals surface area (Å²) in [6, 6.07) is 10.4. The Morgan fingerprint density at radius 1 is 1.00 bits per heavy atom. The van der Waals surface area contributed by atoms with Gasteiger partial charge in [-0.3, -0.25) is 9.78 Å². The van der Waals surface area contributed by atoms with Gasteiger partial charge in [0.25, 0.3) is 0 Å². The highest BCUT2D eigenvalue weighted by atomic mass is 19.1. The van der Waals surface area contributed by atoms with Crippen molar-refractivity contribution in [1.29, 1.82) is 0 Å². The molecule has 1 amide bonds. The van der Waals surface area contributed by atoms with Crippen LogP contribution in [-0.4, -0.2) is 48.0 Å². The molecule has 2 aliphatic heterocycles. The summed E-state index contributed by atoms with van der Waals surface area (Å²) in [5.74, 6) is -0.0982. The summed E-state index contributed by atoms with van der Waals surface area (Å²) in [5, 5.41) is 0. The van der Waals surface area contributed by atoms with Crippen LogP contribution in [0.3, 0.4) is 0 Å². The molecule has 2 unspecified atom stereocenters. The summed E-state index contributed by atoms with van der Waals surface area (Å²) in [4.78, 5) is 20.9. The second kappa shape index (κ2) is 7.39. The molecule has 0 radical (unpaired) electrons. The molecule has 26 heavy (non-hydrogen) atoms. The van der Waals surface area contributed by atoms with E-state index < -0.39 is 0 Å². The number of carbonyl (C=O) groups is 1. The van der Waals surface area contributed by atoms with Gasteiger partial charge in [-0.25, -0.2) is 15.2 Å². The van der Waals surface area contributed by atoms with Gasteiger partial charge in [0.15, 0.2) is 0 Å². The van der Waals surface area contributed by atoms with E-state index in [-0.39, 0.29) is 23.8 Å². The van der Waals surface area contributed by atoms with E-state index in [0.29, 0.717) is 13.1 Å². The van der Waals surface area contributed by atoms with Gasteiger partial charge >= 0.3 is 0 Å². The van der Waals surface area contributed by atoms with Crippen LogP contribution in [0.15, 0.2) is 48.8 Å². The maximum absolute atomic E-state index is 13.1. The van der Waals surface area contributed by atoms with E-state index in [4.69, 9.17) is 0 Å². The molecule has 1 aromatic heterocycles. The molecule has 3 heterocycles. The largest absolute Gasteiger partial charge is 0.368 e. The normalized spacial score (nSPS) is 23.3. The van der Waals surface area contributed by atoms with Crippen LogP contribution in [-0.2, 0) is 4.79 Å². The van der Waals surface area contributed by atoms with Gasteiger partial charge in [0, 0.05) is 50.3 Å². The van der Waals surface area contributed by atoms with Gasteiger partial charge < -0.3 is 9.80 Å². The summed E-state index contributed by atoms with van der Waals surface area (Å²) in [6.07, 6.45) is 4.25. The number of carbonyl (C=O) groups excluding carboxylic acids is 1. The average Bonchev–Trinajstić information content (AvgIpc) is 3.19. The van der Waals surface area contributed by atoms with Crippen molar-refractivity contribution in [3.8, 4) is 0 Å². The van der Waals surface area contributed by atoms with Gasteiger partial charge in [0.05, 0.1) is 0 Å². The third-order valence-corrected chi connectivity index (χ3v) is 5.09. The third kappa shape index (κ3) is 3.54. The molecule has 2 saturated heterocycles. The number of benzene rings is 1. The van der Waals surface area contributed by atoms with Crippen LogP contribution >= 0.6 is 0 Å². The van der Waals surface area contributed by atoms with Gasteiger partial charge in [-0.05, 0) is 48.4 Å². The zero-order valence-corrected chi connectivity index (χ0v) is 14.4. The number of halogens is 1. The molecule has 0 spiro atoms. The average molecular weight is 355 g/mol. The molecule has 2 fully saturated rings. The van der Waals surface area contributed by atoms with Gasteiger partial charge in [-0.2, -0.15) is 0 Å². The molecule has 0 bridgehead atoms. The number of hydrogen-bond acceptors (Lipinski definition) is 5. The molecule has 1 aromatic carbocycles. The zero-order chi connectivity index (χ0) is 17.9. The summed E-state index contributed by atoms with van der Waals surface area (Å²) < 4.78 is 13.1. The van der Waals surface area contributed by atoms with Crippen LogP contribution in [0, 0.1) is 5.82 Å². The molecular weight excluding hydrogens is 333 g/mol. The maximum atomic E-state index is 13.1. The Bertz CT molecular complexity index is 746. The zero-order valence-electron chi connectivity index (χ0n) is 14.4. The Balaban J connectivity index is 1.32. The first kappa shape index (κ1) is 16.9. The van der Waals surface area contributed by atoms with Gasteiger partial charge in [0.1, 0.15) is 11.9 Å². The molecule has 0 saturated carbocycles. The van der Waals surface area contributed by atoms with Crippen LogP contribution in [0.2, 0.25) is 0 Å². The Morgan fingerprint density at radius 2 is 1.69 bits per heavy atom. The number of pyridine rings is 1. The molecule has 2 atom stereocenters. The lowest BCUT2D eigenvalue weighted by Gasteiger charge is -2.37. The number of piperazine rings is 1.